The molecule has 0 N–H and O–H groups in total. The van der Waals surface area contributed by atoms with Crippen LogP contribution in [0, 0.1) is 0 Å². The fourth-order valence-electron chi connectivity index (χ4n) is 0.778. The summed E-state index contributed by atoms with van der Waals surface area (Å²) in [5.41, 5.74) is 0. The first kappa shape index (κ1) is 13.3. The van der Waals surface area contributed by atoms with Crippen LogP contribution in [0.2, 0.25) is 15.1 Å². The van der Waals surface area contributed by atoms with Crippen molar-refractivity contribution in [1.82, 2.24) is 0 Å². The van der Waals surface area contributed by atoms with Gasteiger partial charge in [-0.05, 0) is 16.5 Å². The summed E-state index contributed by atoms with van der Waals surface area (Å²) < 4.78 is 28.8. The van der Waals surface area contributed by atoms with Crippen molar-refractivity contribution in [3.63, 3.8) is 0 Å². The van der Waals surface area contributed by atoms with Crippen molar-refractivity contribution in [2.24, 2.45) is 4.40 Å². The van der Waals surface area contributed by atoms with Gasteiger partial charge in [-0.2, -0.15) is 8.42 Å². The molecule has 1 aromatic carbocycles. The zero-order valence-corrected chi connectivity index (χ0v) is 10.4. The lowest BCUT2D eigenvalue weighted by molar-refractivity contribution is 0.487. The summed E-state index contributed by atoms with van der Waals surface area (Å²) in [6, 6.07) is 2.45. The molecular formula is C7H2Cl3NO4S. The van der Waals surface area contributed by atoms with E-state index in [9.17, 15) is 13.2 Å². The third-order valence-electron chi connectivity index (χ3n) is 1.30. The lowest BCUT2D eigenvalue weighted by Gasteiger charge is -2.06. The fraction of sp³-hybridized carbons (Fsp3) is 0. The van der Waals surface area contributed by atoms with E-state index in [0.717, 1.165) is 6.08 Å². The van der Waals surface area contributed by atoms with E-state index in [1.165, 1.54) is 12.1 Å². The molecule has 0 fully saturated rings. The Kier molecular flexibility index (Phi) is 4.18. The van der Waals surface area contributed by atoms with Gasteiger partial charge >= 0.3 is 10.3 Å². The van der Waals surface area contributed by atoms with Gasteiger partial charge in [0, 0.05) is 5.02 Å². The summed E-state index contributed by atoms with van der Waals surface area (Å²) >= 11 is 16.9. The van der Waals surface area contributed by atoms with Gasteiger partial charge in [-0.15, -0.1) is 0 Å². The van der Waals surface area contributed by atoms with Gasteiger partial charge in [0.1, 0.15) is 0 Å². The predicted octanol–water partition coefficient (Wildman–Crippen LogP) is 2.61. The second-order valence-electron chi connectivity index (χ2n) is 2.39. The molecule has 1 rings (SSSR count). The number of carbonyl (C=O) groups excluding carboxylic acids is 1. The van der Waals surface area contributed by atoms with Crippen LogP contribution in [0.5, 0.6) is 5.75 Å². The highest BCUT2D eigenvalue weighted by Gasteiger charge is 2.17. The SMILES string of the molecule is O=C=NS(=O)(=O)Oc1c(Cl)cc(Cl)cc1Cl. The number of rotatable bonds is 3. The van der Waals surface area contributed by atoms with Crippen LogP contribution in [0.4, 0.5) is 0 Å². The van der Waals surface area contributed by atoms with Crippen molar-refractivity contribution in [2.75, 3.05) is 0 Å². The van der Waals surface area contributed by atoms with Crippen LogP contribution in [-0.2, 0) is 15.1 Å². The Bertz CT molecular complexity index is 542. The molecule has 0 saturated carbocycles. The summed E-state index contributed by atoms with van der Waals surface area (Å²) in [6.45, 7) is 0. The normalized spacial score (nSPS) is 10.7. The molecule has 0 spiro atoms. The first-order valence-electron chi connectivity index (χ1n) is 3.54. The zero-order chi connectivity index (χ0) is 12.3. The molecule has 1 aromatic rings. The number of halogens is 3. The van der Waals surface area contributed by atoms with Crippen LogP contribution in [0.25, 0.3) is 0 Å². The number of benzene rings is 1. The van der Waals surface area contributed by atoms with Crippen LogP contribution >= 0.6 is 34.8 Å². The maximum atomic E-state index is 11.0. The molecular weight excluding hydrogens is 301 g/mol. The van der Waals surface area contributed by atoms with E-state index in [1.807, 2.05) is 0 Å². The molecule has 16 heavy (non-hydrogen) atoms. The molecule has 0 unspecified atom stereocenters. The maximum Gasteiger partial charge on any atom is 0.439 e. The number of hydrogen-bond acceptors (Lipinski definition) is 4. The van der Waals surface area contributed by atoms with E-state index in [1.54, 1.807) is 0 Å². The topological polar surface area (TPSA) is 72.8 Å². The molecule has 0 amide bonds. The van der Waals surface area contributed by atoms with Crippen molar-refractivity contribution in [3.8, 4) is 5.75 Å². The second kappa shape index (κ2) is 5.03. The lowest BCUT2D eigenvalue weighted by atomic mass is 10.3. The quantitative estimate of drug-likeness (QED) is 0.635. The molecule has 0 aliphatic rings. The van der Waals surface area contributed by atoms with Crippen molar-refractivity contribution < 1.29 is 17.4 Å². The molecule has 86 valence electrons. The largest absolute Gasteiger partial charge is 0.439 e. The number of isocyanates is 1. The van der Waals surface area contributed by atoms with E-state index in [-0.39, 0.29) is 20.8 Å². The third kappa shape index (κ3) is 3.37. The summed E-state index contributed by atoms with van der Waals surface area (Å²) in [7, 11) is -4.45. The van der Waals surface area contributed by atoms with Crippen molar-refractivity contribution in [1.29, 1.82) is 0 Å². The predicted molar refractivity (Wildman–Crippen MR) is 59.1 cm³/mol. The van der Waals surface area contributed by atoms with Gasteiger partial charge in [-0.25, -0.2) is 4.79 Å². The molecule has 0 radical (unpaired) electrons. The van der Waals surface area contributed by atoms with E-state index >= 15 is 0 Å². The van der Waals surface area contributed by atoms with Gasteiger partial charge in [0.2, 0.25) is 0 Å². The molecule has 5 nitrogen and oxygen atoms in total. The Morgan fingerprint density at radius 2 is 1.69 bits per heavy atom. The van der Waals surface area contributed by atoms with Crippen LogP contribution < -0.4 is 4.18 Å². The molecule has 0 saturated heterocycles. The van der Waals surface area contributed by atoms with E-state index in [2.05, 4.69) is 8.58 Å². The van der Waals surface area contributed by atoms with Crippen molar-refractivity contribution in [3.05, 3.63) is 27.2 Å². The van der Waals surface area contributed by atoms with E-state index in [4.69, 9.17) is 34.8 Å². The summed E-state index contributed by atoms with van der Waals surface area (Å²) in [5.74, 6) is -0.355. The first-order valence-corrected chi connectivity index (χ1v) is 6.04. The average Bonchev–Trinajstić information content (AvgIpc) is 2.11. The van der Waals surface area contributed by atoms with Crippen LogP contribution in [0.15, 0.2) is 16.5 Å². The van der Waals surface area contributed by atoms with Crippen LogP contribution in [0.3, 0.4) is 0 Å². The third-order valence-corrected chi connectivity index (χ3v) is 2.76. The molecule has 0 aromatic heterocycles. The Morgan fingerprint density at radius 1 is 1.19 bits per heavy atom. The van der Waals surface area contributed by atoms with Gasteiger partial charge in [0.25, 0.3) is 6.08 Å². The molecule has 0 aliphatic heterocycles. The first-order chi connectivity index (χ1) is 7.35. The molecule has 9 heteroatoms. The standard InChI is InChI=1S/C7H2Cl3NO4S/c8-4-1-5(9)7(6(10)2-4)15-16(13,14)11-3-12/h1-2H. The van der Waals surface area contributed by atoms with Gasteiger partial charge < -0.3 is 4.18 Å². The molecule has 0 heterocycles. The maximum absolute atomic E-state index is 11.0. The number of nitrogens with zero attached hydrogens (tertiary/aromatic N) is 1. The Morgan fingerprint density at radius 3 is 2.12 bits per heavy atom. The van der Waals surface area contributed by atoms with Gasteiger partial charge in [-0.3, -0.25) is 0 Å². The van der Waals surface area contributed by atoms with Gasteiger partial charge in [0.05, 0.1) is 10.0 Å². The van der Waals surface area contributed by atoms with E-state index < -0.39 is 10.3 Å². The smallest absolute Gasteiger partial charge is 0.362 e. The average molecular weight is 303 g/mol. The van der Waals surface area contributed by atoms with Crippen molar-refractivity contribution >= 4 is 51.2 Å². The van der Waals surface area contributed by atoms with Gasteiger partial charge in [0.15, 0.2) is 5.75 Å². The van der Waals surface area contributed by atoms with E-state index in [0.29, 0.717) is 0 Å². The molecule has 0 aliphatic carbocycles. The Balaban J connectivity index is 3.22. The highest BCUT2D eigenvalue weighted by Crippen LogP contribution is 2.36. The Labute approximate surface area is 106 Å². The van der Waals surface area contributed by atoms with Crippen LogP contribution in [0.1, 0.15) is 0 Å². The second-order valence-corrected chi connectivity index (χ2v) is 4.85. The minimum absolute atomic E-state index is 0.123. The highest BCUT2D eigenvalue weighted by atomic mass is 35.5. The zero-order valence-electron chi connectivity index (χ0n) is 7.28. The minimum atomic E-state index is -4.45. The summed E-state index contributed by atoms with van der Waals surface area (Å²) in [5, 5.41) is -0.0389. The van der Waals surface area contributed by atoms with Crippen molar-refractivity contribution in [2.45, 2.75) is 0 Å². The summed E-state index contributed by atoms with van der Waals surface area (Å²) in [6.07, 6.45) is 0.828. The molecule has 0 bridgehead atoms. The minimum Gasteiger partial charge on any atom is -0.362 e. The molecule has 0 atom stereocenters. The summed E-state index contributed by atoms with van der Waals surface area (Å²) in [4.78, 5) is 9.80. The lowest BCUT2D eigenvalue weighted by Crippen LogP contribution is -2.05. The number of hydrogen-bond donors (Lipinski definition) is 0. The van der Waals surface area contributed by atoms with Gasteiger partial charge in [-0.1, -0.05) is 34.8 Å². The highest BCUT2D eigenvalue weighted by molar-refractivity contribution is 7.85. The Hall–Kier alpha value is -0.780. The van der Waals surface area contributed by atoms with Crippen LogP contribution in [-0.4, -0.2) is 14.5 Å². The fourth-order valence-corrected chi connectivity index (χ4v) is 2.28. The monoisotopic (exact) mass is 301 g/mol.